The van der Waals surface area contributed by atoms with Crippen LogP contribution in [0.4, 0.5) is 0 Å². The van der Waals surface area contributed by atoms with Crippen molar-refractivity contribution in [2.45, 2.75) is 13.3 Å². The number of amides is 1. The van der Waals surface area contributed by atoms with E-state index in [0.717, 1.165) is 10.9 Å². The molecule has 100 valence electrons. The smallest absolute Gasteiger partial charge is 0.307 e. The van der Waals surface area contributed by atoms with Crippen LogP contribution in [0.2, 0.25) is 0 Å². The number of hydrogen-bond acceptors (Lipinski definition) is 3. The summed E-state index contributed by atoms with van der Waals surface area (Å²) >= 11 is 0. The lowest BCUT2D eigenvalue weighted by atomic mass is 10.1. The molecule has 0 aliphatic heterocycles. The van der Waals surface area contributed by atoms with Gasteiger partial charge in [-0.1, -0.05) is 12.1 Å². The molecule has 0 bridgehead atoms. The summed E-state index contributed by atoms with van der Waals surface area (Å²) in [5.41, 5.74) is 1.38. The Bertz CT molecular complexity index is 589. The molecule has 0 aliphatic carbocycles. The predicted molar refractivity (Wildman–Crippen MR) is 71.9 cm³/mol. The zero-order valence-corrected chi connectivity index (χ0v) is 10.7. The van der Waals surface area contributed by atoms with Crippen LogP contribution in [0.3, 0.4) is 0 Å². The van der Waals surface area contributed by atoms with E-state index in [1.165, 1.54) is 0 Å². The Morgan fingerprint density at radius 3 is 2.95 bits per heavy atom. The number of ether oxygens (including phenoxy) is 1. The van der Waals surface area contributed by atoms with E-state index in [9.17, 15) is 9.59 Å². The van der Waals surface area contributed by atoms with Crippen LogP contribution < -0.4 is 5.32 Å². The van der Waals surface area contributed by atoms with Crippen LogP contribution in [0.15, 0.2) is 30.5 Å². The fraction of sp³-hybridized carbons (Fsp3) is 0.286. The van der Waals surface area contributed by atoms with E-state index in [0.29, 0.717) is 12.2 Å². The van der Waals surface area contributed by atoms with Crippen LogP contribution in [0.25, 0.3) is 10.9 Å². The van der Waals surface area contributed by atoms with Crippen molar-refractivity contribution in [1.82, 2.24) is 10.3 Å². The summed E-state index contributed by atoms with van der Waals surface area (Å²) < 4.78 is 4.79. The molecule has 1 heterocycles. The molecule has 0 unspecified atom stereocenters. The lowest BCUT2D eigenvalue weighted by Crippen LogP contribution is -2.26. The number of nitrogens with one attached hydrogen (secondary N) is 2. The van der Waals surface area contributed by atoms with Gasteiger partial charge >= 0.3 is 5.97 Å². The van der Waals surface area contributed by atoms with Gasteiger partial charge in [-0.15, -0.1) is 0 Å². The van der Waals surface area contributed by atoms with E-state index < -0.39 is 0 Å². The number of aromatic nitrogens is 1. The molecule has 0 fully saturated rings. The molecular weight excluding hydrogens is 244 g/mol. The maximum absolute atomic E-state index is 12.0. The van der Waals surface area contributed by atoms with Gasteiger partial charge in [0.2, 0.25) is 0 Å². The summed E-state index contributed by atoms with van der Waals surface area (Å²) in [6.45, 7) is 2.38. The largest absolute Gasteiger partial charge is 0.466 e. The Morgan fingerprint density at radius 2 is 2.16 bits per heavy atom. The summed E-state index contributed by atoms with van der Waals surface area (Å²) in [4.78, 5) is 26.2. The average molecular weight is 260 g/mol. The molecule has 0 saturated carbocycles. The van der Waals surface area contributed by atoms with Crippen molar-refractivity contribution in [3.63, 3.8) is 0 Å². The number of para-hydroxylation sites is 1. The predicted octanol–water partition coefficient (Wildman–Crippen LogP) is 1.85. The molecule has 5 heteroatoms. The molecule has 2 aromatic rings. The van der Waals surface area contributed by atoms with Crippen molar-refractivity contribution in [3.05, 3.63) is 36.0 Å². The van der Waals surface area contributed by atoms with Crippen molar-refractivity contribution < 1.29 is 14.3 Å². The van der Waals surface area contributed by atoms with Crippen LogP contribution in [0.5, 0.6) is 0 Å². The maximum atomic E-state index is 12.0. The zero-order valence-electron chi connectivity index (χ0n) is 10.7. The molecule has 2 N–H and O–H groups in total. The highest BCUT2D eigenvalue weighted by Crippen LogP contribution is 2.16. The second-order valence-corrected chi connectivity index (χ2v) is 4.06. The van der Waals surface area contributed by atoms with Gasteiger partial charge in [-0.25, -0.2) is 0 Å². The first-order valence-electron chi connectivity index (χ1n) is 6.22. The first-order chi connectivity index (χ1) is 9.22. The minimum Gasteiger partial charge on any atom is -0.466 e. The van der Waals surface area contributed by atoms with Crippen LogP contribution in [-0.2, 0) is 9.53 Å². The van der Waals surface area contributed by atoms with E-state index in [-0.39, 0.29) is 24.8 Å². The van der Waals surface area contributed by atoms with Crippen molar-refractivity contribution in [3.8, 4) is 0 Å². The number of fused-ring (bicyclic) bond motifs is 1. The van der Waals surface area contributed by atoms with Crippen molar-refractivity contribution >= 4 is 22.8 Å². The van der Waals surface area contributed by atoms with E-state index >= 15 is 0 Å². The van der Waals surface area contributed by atoms with E-state index in [1.54, 1.807) is 19.2 Å². The van der Waals surface area contributed by atoms with Crippen LogP contribution >= 0.6 is 0 Å². The summed E-state index contributed by atoms with van der Waals surface area (Å²) in [5.74, 6) is -0.502. The molecule has 0 radical (unpaired) electrons. The van der Waals surface area contributed by atoms with Gasteiger partial charge in [0.25, 0.3) is 5.91 Å². The number of esters is 1. The molecule has 5 nitrogen and oxygen atoms in total. The minimum absolute atomic E-state index is 0.181. The van der Waals surface area contributed by atoms with Crippen LogP contribution in [0, 0.1) is 0 Å². The second kappa shape index (κ2) is 6.04. The topological polar surface area (TPSA) is 71.2 Å². The van der Waals surface area contributed by atoms with Crippen LogP contribution in [-0.4, -0.2) is 30.0 Å². The van der Waals surface area contributed by atoms with Crippen LogP contribution in [0.1, 0.15) is 23.7 Å². The molecule has 0 spiro atoms. The Kier molecular flexibility index (Phi) is 4.18. The molecule has 2 rings (SSSR count). The lowest BCUT2D eigenvalue weighted by molar-refractivity contribution is -0.142. The fourth-order valence-corrected chi connectivity index (χ4v) is 1.88. The van der Waals surface area contributed by atoms with Gasteiger partial charge in [0.05, 0.1) is 24.1 Å². The van der Waals surface area contributed by atoms with Crippen molar-refractivity contribution in [2.75, 3.05) is 13.2 Å². The first kappa shape index (κ1) is 13.1. The minimum atomic E-state index is -0.305. The van der Waals surface area contributed by atoms with Gasteiger partial charge < -0.3 is 15.0 Å². The third-order valence-corrected chi connectivity index (χ3v) is 2.75. The second-order valence-electron chi connectivity index (χ2n) is 4.06. The fourth-order valence-electron chi connectivity index (χ4n) is 1.88. The molecule has 0 saturated heterocycles. The summed E-state index contributed by atoms with van der Waals surface area (Å²) in [7, 11) is 0. The van der Waals surface area contributed by atoms with Crippen molar-refractivity contribution in [1.29, 1.82) is 0 Å². The third kappa shape index (κ3) is 3.13. The molecule has 0 aliphatic rings. The molecule has 1 amide bonds. The zero-order chi connectivity index (χ0) is 13.7. The highest BCUT2D eigenvalue weighted by Gasteiger charge is 2.10. The number of rotatable bonds is 5. The number of carbonyl (C=O) groups excluding carboxylic acids is 2. The maximum Gasteiger partial charge on any atom is 0.307 e. The monoisotopic (exact) mass is 260 g/mol. The van der Waals surface area contributed by atoms with Gasteiger partial charge in [0.15, 0.2) is 0 Å². The molecule has 0 atom stereocenters. The quantitative estimate of drug-likeness (QED) is 0.806. The number of carbonyl (C=O) groups is 2. The van der Waals surface area contributed by atoms with Gasteiger partial charge in [-0.3, -0.25) is 9.59 Å². The standard InChI is InChI=1S/C14H16N2O3/c1-2-19-12(17)7-9-16-14(18)11-5-3-4-10-6-8-15-13(10)11/h3-6,8,15H,2,7,9H2,1H3,(H,16,18). The van der Waals surface area contributed by atoms with Gasteiger partial charge in [-0.2, -0.15) is 0 Å². The third-order valence-electron chi connectivity index (χ3n) is 2.75. The molecule has 1 aromatic heterocycles. The molecular formula is C14H16N2O3. The van der Waals surface area contributed by atoms with E-state index in [2.05, 4.69) is 10.3 Å². The number of benzene rings is 1. The number of aromatic amines is 1. The SMILES string of the molecule is CCOC(=O)CCNC(=O)c1cccc2cc[nH]c12. The average Bonchev–Trinajstić information content (AvgIpc) is 2.86. The number of hydrogen-bond donors (Lipinski definition) is 2. The van der Waals surface area contributed by atoms with Crippen molar-refractivity contribution in [2.24, 2.45) is 0 Å². The van der Waals surface area contributed by atoms with E-state index in [1.807, 2.05) is 18.2 Å². The Hall–Kier alpha value is -2.30. The summed E-state index contributed by atoms with van der Waals surface area (Å²) in [5, 5.41) is 3.69. The highest BCUT2D eigenvalue weighted by molar-refractivity contribution is 6.05. The number of H-pyrrole nitrogens is 1. The summed E-state index contributed by atoms with van der Waals surface area (Å²) in [6.07, 6.45) is 1.97. The molecule has 1 aromatic carbocycles. The normalized spacial score (nSPS) is 10.4. The Labute approximate surface area is 110 Å². The summed E-state index contributed by atoms with van der Waals surface area (Å²) in [6, 6.07) is 7.42. The molecule has 19 heavy (non-hydrogen) atoms. The van der Waals surface area contributed by atoms with Gasteiger partial charge in [-0.05, 0) is 19.1 Å². The van der Waals surface area contributed by atoms with E-state index in [4.69, 9.17) is 4.74 Å². The Balaban J connectivity index is 1.97. The highest BCUT2D eigenvalue weighted by atomic mass is 16.5. The first-order valence-corrected chi connectivity index (χ1v) is 6.22. The van der Waals surface area contributed by atoms with Gasteiger partial charge in [0, 0.05) is 18.1 Å². The Morgan fingerprint density at radius 1 is 1.32 bits per heavy atom. The van der Waals surface area contributed by atoms with Gasteiger partial charge in [0.1, 0.15) is 0 Å². The lowest BCUT2D eigenvalue weighted by Gasteiger charge is -2.06.